The van der Waals surface area contributed by atoms with Gasteiger partial charge in [0.15, 0.2) is 5.43 Å². The van der Waals surface area contributed by atoms with E-state index in [0.29, 0.717) is 22.2 Å². The molecule has 0 bridgehead atoms. The van der Waals surface area contributed by atoms with E-state index in [-0.39, 0.29) is 29.9 Å². The number of rotatable bonds is 2. The van der Waals surface area contributed by atoms with Crippen molar-refractivity contribution < 1.29 is 13.6 Å². The summed E-state index contributed by atoms with van der Waals surface area (Å²) in [4.78, 5) is 29.8. The quantitative estimate of drug-likeness (QED) is 0.581. The average Bonchev–Trinajstić information content (AvgIpc) is 2.78. The van der Waals surface area contributed by atoms with E-state index in [1.165, 1.54) is 51.2 Å². The molecular weight excluding hydrogens is 424 g/mol. The first-order valence-electron chi connectivity index (χ1n) is 12.1. The van der Waals surface area contributed by atoms with Crippen molar-refractivity contribution in [3.8, 4) is 0 Å². The van der Waals surface area contributed by atoms with Gasteiger partial charge in [-0.05, 0) is 54.9 Å². The number of pyridine rings is 2. The lowest BCUT2D eigenvalue weighted by atomic mass is 9.64. The first kappa shape index (κ1) is 25.3. The number of hydrogen-bond donors (Lipinski definition) is 2. The molecule has 2 N–H and O–H groups in total. The number of carbonyl (C=O) groups excluding carboxylic acids is 1. The Morgan fingerprint density at radius 3 is 2.45 bits per heavy atom. The predicted molar refractivity (Wildman–Crippen MR) is 128 cm³/mol. The molecule has 2 saturated carbocycles. The molecular formula is C26H37F2N3O2. The number of carbonyl (C=O) groups is 1. The number of halogens is 2. The molecule has 2 heterocycles. The number of amides is 1. The van der Waals surface area contributed by atoms with Gasteiger partial charge in [-0.2, -0.15) is 0 Å². The van der Waals surface area contributed by atoms with Crippen LogP contribution >= 0.6 is 0 Å². The van der Waals surface area contributed by atoms with Gasteiger partial charge < -0.3 is 10.3 Å². The highest BCUT2D eigenvalue weighted by molar-refractivity contribution is 6.03. The molecule has 4 rings (SSSR count). The van der Waals surface area contributed by atoms with Gasteiger partial charge in [0, 0.05) is 38.3 Å². The smallest absolute Gasteiger partial charge is 0.270 e. The van der Waals surface area contributed by atoms with Crippen LogP contribution in [-0.2, 0) is 0 Å². The van der Waals surface area contributed by atoms with E-state index in [0.717, 1.165) is 24.7 Å². The Labute approximate surface area is 194 Å². The summed E-state index contributed by atoms with van der Waals surface area (Å²) >= 11 is 0. The van der Waals surface area contributed by atoms with Gasteiger partial charge in [-0.25, -0.2) is 8.78 Å². The van der Waals surface area contributed by atoms with E-state index in [1.807, 2.05) is 0 Å². The van der Waals surface area contributed by atoms with Crippen molar-refractivity contribution in [1.29, 1.82) is 0 Å². The number of alkyl halides is 2. The second-order valence-electron chi connectivity index (χ2n) is 10.7. The van der Waals surface area contributed by atoms with Gasteiger partial charge >= 0.3 is 0 Å². The molecule has 0 spiro atoms. The summed E-state index contributed by atoms with van der Waals surface area (Å²) in [5.74, 6) is -0.640. The predicted octanol–water partition coefficient (Wildman–Crippen LogP) is 5.95. The van der Waals surface area contributed by atoms with E-state index in [4.69, 9.17) is 0 Å². The molecule has 1 unspecified atom stereocenters. The van der Waals surface area contributed by atoms with Crippen LogP contribution in [0, 0.1) is 23.2 Å². The van der Waals surface area contributed by atoms with Gasteiger partial charge in [-0.3, -0.25) is 14.6 Å². The third kappa shape index (κ3) is 6.39. The maximum Gasteiger partial charge on any atom is 0.270 e. The molecule has 2 aromatic rings. The summed E-state index contributed by atoms with van der Waals surface area (Å²) in [6.07, 6.45) is 10.0. The Kier molecular flexibility index (Phi) is 7.91. The number of H-pyrrole nitrogens is 1. The highest BCUT2D eigenvalue weighted by Crippen LogP contribution is 2.47. The van der Waals surface area contributed by atoms with Crippen LogP contribution in [0.1, 0.15) is 82.6 Å². The van der Waals surface area contributed by atoms with Gasteiger partial charge in [0.05, 0.1) is 10.9 Å². The Balaban J connectivity index is 0.000000189. The topological polar surface area (TPSA) is 74.8 Å². The lowest BCUT2D eigenvalue weighted by molar-refractivity contribution is -0.0572. The highest BCUT2D eigenvalue weighted by atomic mass is 19.3. The van der Waals surface area contributed by atoms with Crippen LogP contribution in [0.25, 0.3) is 10.9 Å². The second kappa shape index (κ2) is 10.3. The molecule has 2 atom stereocenters. The largest absolute Gasteiger partial charge is 0.361 e. The van der Waals surface area contributed by atoms with E-state index in [9.17, 15) is 18.4 Å². The molecule has 2 aliphatic carbocycles. The summed E-state index contributed by atoms with van der Waals surface area (Å²) in [6, 6.07) is 3.03. The molecule has 0 aromatic carbocycles. The summed E-state index contributed by atoms with van der Waals surface area (Å²) in [7, 11) is 1.50. The molecule has 0 radical (unpaired) electrons. The second-order valence-corrected chi connectivity index (χ2v) is 10.7. The molecule has 0 saturated heterocycles. The minimum atomic E-state index is -2.37. The minimum Gasteiger partial charge on any atom is -0.361 e. The Morgan fingerprint density at radius 2 is 1.82 bits per heavy atom. The Morgan fingerprint density at radius 1 is 1.12 bits per heavy atom. The van der Waals surface area contributed by atoms with Crippen molar-refractivity contribution in [1.82, 2.24) is 15.3 Å². The van der Waals surface area contributed by atoms with Crippen LogP contribution in [0.4, 0.5) is 8.78 Å². The number of hydrogen-bond acceptors (Lipinski definition) is 3. The third-order valence-corrected chi connectivity index (χ3v) is 7.48. The molecule has 5 nitrogen and oxygen atoms in total. The van der Waals surface area contributed by atoms with E-state index < -0.39 is 5.92 Å². The van der Waals surface area contributed by atoms with E-state index >= 15 is 0 Å². The van der Waals surface area contributed by atoms with Gasteiger partial charge in [0.1, 0.15) is 5.69 Å². The summed E-state index contributed by atoms with van der Waals surface area (Å²) < 4.78 is 26.4. The maximum atomic E-state index is 13.2. The third-order valence-electron chi connectivity index (χ3n) is 7.48. The monoisotopic (exact) mass is 461 g/mol. The fourth-order valence-electron chi connectivity index (χ4n) is 5.39. The number of fused-ring (bicyclic) bond motifs is 1. The number of nitrogens with zero attached hydrogens (tertiary/aromatic N) is 1. The molecule has 0 aliphatic heterocycles. The summed E-state index contributed by atoms with van der Waals surface area (Å²) in [5.41, 5.74) is 0.931. The SMILES string of the molecule is CC(C)(C)[C@H]1CCCC(C2CCC(F)(F)CC2)C1.CNC(=O)c1nccc2[nH]ccc(=O)c12. The lowest BCUT2D eigenvalue weighted by Gasteiger charge is -2.42. The van der Waals surface area contributed by atoms with Gasteiger partial charge in [-0.15, -0.1) is 0 Å². The van der Waals surface area contributed by atoms with Crippen molar-refractivity contribution in [2.45, 2.75) is 78.1 Å². The molecule has 2 aromatic heterocycles. The first-order chi connectivity index (χ1) is 15.5. The van der Waals surface area contributed by atoms with Crippen LogP contribution < -0.4 is 10.7 Å². The van der Waals surface area contributed by atoms with Crippen molar-refractivity contribution in [2.75, 3.05) is 7.05 Å². The zero-order valence-electron chi connectivity index (χ0n) is 20.2. The molecule has 33 heavy (non-hydrogen) atoms. The minimum absolute atomic E-state index is 0.133. The molecule has 7 heteroatoms. The van der Waals surface area contributed by atoms with Gasteiger partial charge in [0.2, 0.25) is 5.92 Å². The normalized spacial score (nSPS) is 23.5. The van der Waals surface area contributed by atoms with Crippen molar-refractivity contribution in [3.63, 3.8) is 0 Å². The fourth-order valence-corrected chi connectivity index (χ4v) is 5.39. The molecule has 2 fully saturated rings. The van der Waals surface area contributed by atoms with Crippen LogP contribution in [-0.4, -0.2) is 28.8 Å². The van der Waals surface area contributed by atoms with Crippen LogP contribution in [0.5, 0.6) is 0 Å². The Bertz CT molecular complexity index is 997. The first-order valence-corrected chi connectivity index (χ1v) is 12.1. The van der Waals surface area contributed by atoms with Gasteiger partial charge in [-0.1, -0.05) is 33.6 Å². The van der Waals surface area contributed by atoms with E-state index in [1.54, 1.807) is 6.07 Å². The molecule has 1 amide bonds. The van der Waals surface area contributed by atoms with Gasteiger partial charge in [0.25, 0.3) is 5.91 Å². The number of aromatic amines is 1. The van der Waals surface area contributed by atoms with Crippen molar-refractivity contribution >= 4 is 16.8 Å². The average molecular weight is 462 g/mol. The lowest BCUT2D eigenvalue weighted by Crippen LogP contribution is -2.33. The zero-order valence-corrected chi connectivity index (χ0v) is 20.2. The Hall–Kier alpha value is -2.31. The number of aromatic nitrogens is 2. The van der Waals surface area contributed by atoms with Crippen LogP contribution in [0.3, 0.4) is 0 Å². The van der Waals surface area contributed by atoms with Crippen LogP contribution in [0.2, 0.25) is 0 Å². The molecule has 182 valence electrons. The van der Waals surface area contributed by atoms with Crippen molar-refractivity contribution in [2.24, 2.45) is 23.2 Å². The summed E-state index contributed by atoms with van der Waals surface area (Å²) in [6.45, 7) is 6.99. The fraction of sp³-hybridized carbons (Fsp3) is 0.654. The molecule has 2 aliphatic rings. The number of nitrogens with one attached hydrogen (secondary N) is 2. The summed E-state index contributed by atoms with van der Waals surface area (Å²) in [5, 5.41) is 2.77. The standard InChI is InChI=1S/C16H28F2.C10H9N3O2/c1-15(2,3)14-6-4-5-13(11-14)12-7-9-16(17,18)10-8-12;1-11-10(15)9-8-6(2-4-13-9)12-5-3-7(8)14/h12-14H,4-11H2,1-3H3;2-5H,1H3,(H,11,15)(H,12,14)/t13?,14-;/m0./s1. The van der Waals surface area contributed by atoms with Crippen molar-refractivity contribution in [3.05, 3.63) is 40.4 Å². The highest BCUT2D eigenvalue weighted by Gasteiger charge is 2.40. The zero-order chi connectivity index (χ0) is 24.2. The maximum absolute atomic E-state index is 13.2. The van der Waals surface area contributed by atoms with E-state index in [2.05, 4.69) is 36.1 Å². The van der Waals surface area contributed by atoms with Crippen LogP contribution in [0.15, 0.2) is 29.3 Å².